The third-order valence-corrected chi connectivity index (χ3v) is 5.05. The van der Waals surface area contributed by atoms with Crippen molar-refractivity contribution in [2.75, 3.05) is 26.7 Å². The minimum atomic E-state index is 0.146. The lowest BCUT2D eigenvalue weighted by atomic mass is 9.95. The van der Waals surface area contributed by atoms with Crippen molar-refractivity contribution in [1.82, 2.24) is 10.2 Å². The van der Waals surface area contributed by atoms with Gasteiger partial charge >= 0.3 is 0 Å². The fraction of sp³-hybridized carbons (Fsp3) is 0.409. The highest BCUT2D eigenvalue weighted by Gasteiger charge is 2.24. The number of benzene rings is 2. The van der Waals surface area contributed by atoms with Crippen molar-refractivity contribution in [1.29, 1.82) is 0 Å². The molecular formula is C22H28N2O2. The highest BCUT2D eigenvalue weighted by atomic mass is 16.5. The Labute approximate surface area is 156 Å². The Morgan fingerprint density at radius 1 is 1.08 bits per heavy atom. The van der Waals surface area contributed by atoms with Crippen LogP contribution in [0.3, 0.4) is 0 Å². The molecular weight excluding hydrogens is 324 g/mol. The van der Waals surface area contributed by atoms with Crippen LogP contribution in [0.15, 0.2) is 54.6 Å². The molecule has 1 aliphatic rings. The summed E-state index contributed by atoms with van der Waals surface area (Å²) in [5.74, 6) is 1.25. The maximum absolute atomic E-state index is 12.4. The summed E-state index contributed by atoms with van der Waals surface area (Å²) in [6.07, 6.45) is 2.75. The molecule has 0 unspecified atom stereocenters. The summed E-state index contributed by atoms with van der Waals surface area (Å²) >= 11 is 0. The molecule has 1 amide bonds. The van der Waals surface area contributed by atoms with Gasteiger partial charge in [0.25, 0.3) is 0 Å². The van der Waals surface area contributed by atoms with E-state index >= 15 is 0 Å². The number of hydrogen-bond donors (Lipinski definition) is 1. The van der Waals surface area contributed by atoms with Gasteiger partial charge in [-0.25, -0.2) is 0 Å². The highest BCUT2D eigenvalue weighted by molar-refractivity contribution is 5.78. The number of hydrogen-bond acceptors (Lipinski definition) is 3. The van der Waals surface area contributed by atoms with Crippen molar-refractivity contribution in [2.45, 2.75) is 25.8 Å². The molecule has 1 N–H and O–H groups in total. The van der Waals surface area contributed by atoms with Gasteiger partial charge in [-0.1, -0.05) is 42.5 Å². The Hall–Kier alpha value is -2.33. The Kier molecular flexibility index (Phi) is 6.67. The first-order valence-electron chi connectivity index (χ1n) is 9.41. The highest BCUT2D eigenvalue weighted by Crippen LogP contribution is 2.21. The lowest BCUT2D eigenvalue weighted by Gasteiger charge is -2.31. The number of rotatable bonds is 7. The summed E-state index contributed by atoms with van der Waals surface area (Å²) in [6, 6.07) is 18.5. The van der Waals surface area contributed by atoms with Crippen molar-refractivity contribution < 1.29 is 9.53 Å². The van der Waals surface area contributed by atoms with E-state index in [0.717, 1.165) is 44.6 Å². The number of piperidine rings is 1. The van der Waals surface area contributed by atoms with Gasteiger partial charge in [0, 0.05) is 19.0 Å². The Bertz CT molecular complexity index is 694. The van der Waals surface area contributed by atoms with Crippen LogP contribution in [-0.4, -0.2) is 37.6 Å². The van der Waals surface area contributed by atoms with Gasteiger partial charge in [-0.15, -0.1) is 0 Å². The largest absolute Gasteiger partial charge is 0.497 e. The zero-order valence-electron chi connectivity index (χ0n) is 15.5. The predicted molar refractivity (Wildman–Crippen MR) is 104 cm³/mol. The van der Waals surface area contributed by atoms with Gasteiger partial charge in [0.05, 0.1) is 7.11 Å². The molecule has 1 aliphatic heterocycles. The van der Waals surface area contributed by atoms with Crippen LogP contribution in [0.1, 0.15) is 24.0 Å². The van der Waals surface area contributed by atoms with Crippen molar-refractivity contribution in [3.63, 3.8) is 0 Å². The molecule has 0 radical (unpaired) electrons. The molecule has 2 aromatic carbocycles. The number of amides is 1. The molecule has 0 aromatic heterocycles. The number of methoxy groups -OCH3 is 1. The summed E-state index contributed by atoms with van der Waals surface area (Å²) in [7, 11) is 1.70. The van der Waals surface area contributed by atoms with Gasteiger partial charge in [-0.05, 0) is 55.6 Å². The molecule has 0 saturated carbocycles. The number of ether oxygens (including phenoxy) is 1. The number of likely N-dealkylation sites (tertiary alicyclic amines) is 1. The molecule has 4 nitrogen and oxygen atoms in total. The second-order valence-corrected chi connectivity index (χ2v) is 6.93. The second-order valence-electron chi connectivity index (χ2n) is 6.93. The number of nitrogens with zero attached hydrogens (tertiary/aromatic N) is 1. The molecule has 1 heterocycles. The average Bonchev–Trinajstić information content (AvgIpc) is 2.69. The van der Waals surface area contributed by atoms with Crippen LogP contribution in [0, 0.1) is 5.92 Å². The van der Waals surface area contributed by atoms with Crippen LogP contribution in [-0.2, 0) is 17.8 Å². The quantitative estimate of drug-likeness (QED) is 0.832. The molecule has 138 valence electrons. The van der Waals surface area contributed by atoms with Crippen LogP contribution in [0.2, 0.25) is 0 Å². The summed E-state index contributed by atoms with van der Waals surface area (Å²) in [5.41, 5.74) is 2.52. The summed E-state index contributed by atoms with van der Waals surface area (Å²) in [6.45, 7) is 3.56. The summed E-state index contributed by atoms with van der Waals surface area (Å²) in [4.78, 5) is 14.8. The Balaban J connectivity index is 1.39. The number of nitrogens with one attached hydrogen (secondary N) is 1. The van der Waals surface area contributed by atoms with Crippen molar-refractivity contribution >= 4 is 5.91 Å². The fourth-order valence-electron chi connectivity index (χ4n) is 3.50. The molecule has 3 rings (SSSR count). The van der Waals surface area contributed by atoms with E-state index in [1.165, 1.54) is 11.1 Å². The Morgan fingerprint density at radius 2 is 1.81 bits per heavy atom. The topological polar surface area (TPSA) is 41.6 Å². The first-order chi connectivity index (χ1) is 12.7. The lowest BCUT2D eigenvalue weighted by Crippen LogP contribution is -2.40. The van der Waals surface area contributed by atoms with E-state index in [4.69, 9.17) is 4.74 Å². The van der Waals surface area contributed by atoms with Gasteiger partial charge in [0.1, 0.15) is 5.75 Å². The fourth-order valence-corrected chi connectivity index (χ4v) is 3.50. The van der Waals surface area contributed by atoms with E-state index < -0.39 is 0 Å². The molecule has 0 aliphatic carbocycles. The van der Waals surface area contributed by atoms with Crippen LogP contribution in [0.5, 0.6) is 5.75 Å². The molecule has 26 heavy (non-hydrogen) atoms. The molecule has 2 aromatic rings. The number of carbonyl (C=O) groups is 1. The van der Waals surface area contributed by atoms with E-state index in [1.54, 1.807) is 7.11 Å². The van der Waals surface area contributed by atoms with Crippen molar-refractivity contribution in [3.8, 4) is 5.75 Å². The normalized spacial score (nSPS) is 15.6. The van der Waals surface area contributed by atoms with E-state index in [9.17, 15) is 4.79 Å². The minimum absolute atomic E-state index is 0.146. The van der Waals surface area contributed by atoms with E-state index in [2.05, 4.69) is 34.5 Å². The SMILES string of the molecule is COc1cccc(CN2CCC(C(=O)NCCc3ccccc3)CC2)c1. The summed E-state index contributed by atoms with van der Waals surface area (Å²) in [5, 5.41) is 3.11. The zero-order valence-corrected chi connectivity index (χ0v) is 15.5. The third-order valence-electron chi connectivity index (χ3n) is 5.05. The maximum Gasteiger partial charge on any atom is 0.223 e. The third kappa shape index (κ3) is 5.33. The van der Waals surface area contributed by atoms with Gasteiger partial charge < -0.3 is 10.1 Å². The van der Waals surface area contributed by atoms with E-state index in [0.29, 0.717) is 6.54 Å². The molecule has 1 fully saturated rings. The van der Waals surface area contributed by atoms with E-state index in [-0.39, 0.29) is 11.8 Å². The molecule has 4 heteroatoms. The zero-order chi connectivity index (χ0) is 18.2. The Morgan fingerprint density at radius 3 is 2.54 bits per heavy atom. The van der Waals surface area contributed by atoms with Crippen LogP contribution < -0.4 is 10.1 Å². The predicted octanol–water partition coefficient (Wildman–Crippen LogP) is 3.27. The van der Waals surface area contributed by atoms with Crippen molar-refractivity contribution in [2.24, 2.45) is 5.92 Å². The van der Waals surface area contributed by atoms with E-state index in [1.807, 2.05) is 30.3 Å². The second kappa shape index (κ2) is 9.39. The smallest absolute Gasteiger partial charge is 0.223 e. The van der Waals surface area contributed by atoms with Gasteiger partial charge in [-0.3, -0.25) is 9.69 Å². The molecule has 0 spiro atoms. The average molecular weight is 352 g/mol. The first-order valence-corrected chi connectivity index (χ1v) is 9.41. The maximum atomic E-state index is 12.4. The molecule has 1 saturated heterocycles. The van der Waals surface area contributed by atoms with Gasteiger partial charge in [0.2, 0.25) is 5.91 Å². The monoisotopic (exact) mass is 352 g/mol. The minimum Gasteiger partial charge on any atom is -0.497 e. The standard InChI is InChI=1S/C22H28N2O2/c1-26-21-9-5-8-19(16-21)17-24-14-11-20(12-15-24)22(25)23-13-10-18-6-3-2-4-7-18/h2-9,16,20H,10-15,17H2,1H3,(H,23,25). The molecule has 0 atom stereocenters. The van der Waals surface area contributed by atoms with Gasteiger partial charge in [0.15, 0.2) is 0 Å². The van der Waals surface area contributed by atoms with Crippen LogP contribution >= 0.6 is 0 Å². The van der Waals surface area contributed by atoms with Crippen LogP contribution in [0.4, 0.5) is 0 Å². The number of carbonyl (C=O) groups excluding carboxylic acids is 1. The van der Waals surface area contributed by atoms with Crippen LogP contribution in [0.25, 0.3) is 0 Å². The first kappa shape index (κ1) is 18.5. The van der Waals surface area contributed by atoms with Crippen molar-refractivity contribution in [3.05, 3.63) is 65.7 Å². The lowest BCUT2D eigenvalue weighted by molar-refractivity contribution is -0.126. The molecule has 0 bridgehead atoms. The van der Waals surface area contributed by atoms with Gasteiger partial charge in [-0.2, -0.15) is 0 Å². The summed E-state index contributed by atoms with van der Waals surface area (Å²) < 4.78 is 5.29.